The van der Waals surface area contributed by atoms with Crippen molar-refractivity contribution in [3.8, 4) is 0 Å². The number of ether oxygens (including phenoxy) is 2. The second kappa shape index (κ2) is 15.3. The molecule has 1 spiro atoms. The van der Waals surface area contributed by atoms with Crippen LogP contribution in [0.15, 0.2) is 42.5 Å². The molecule has 7 heteroatoms. The first-order valence-corrected chi connectivity index (χ1v) is 13.9. The lowest BCUT2D eigenvalue weighted by atomic mass is 9.73. The normalized spacial score (nSPS) is 17.3. The van der Waals surface area contributed by atoms with Gasteiger partial charge in [0.25, 0.3) is 0 Å². The fourth-order valence-electron chi connectivity index (χ4n) is 4.98. The second-order valence-corrected chi connectivity index (χ2v) is 10.2. The van der Waals surface area contributed by atoms with E-state index in [4.69, 9.17) is 9.47 Å². The smallest absolute Gasteiger partial charge is 0.216 e. The molecule has 4 rings (SSSR count). The fourth-order valence-corrected chi connectivity index (χ4v) is 4.98. The average molecular weight is 533 g/mol. The number of amides is 1. The monoisotopic (exact) mass is 532 g/mol. The van der Waals surface area contributed by atoms with Crippen molar-refractivity contribution >= 4 is 5.91 Å². The van der Waals surface area contributed by atoms with E-state index in [-0.39, 0.29) is 17.2 Å². The third-order valence-electron chi connectivity index (χ3n) is 6.98. The Morgan fingerprint density at radius 3 is 2.08 bits per heavy atom. The highest BCUT2D eigenvalue weighted by Crippen LogP contribution is 2.45. The predicted molar refractivity (Wildman–Crippen MR) is 149 cm³/mol. The topological polar surface area (TPSA) is 59.6 Å². The van der Waals surface area contributed by atoms with E-state index in [0.29, 0.717) is 31.2 Å². The van der Waals surface area contributed by atoms with Crippen LogP contribution in [-0.2, 0) is 19.8 Å². The molecule has 1 heterocycles. The molecule has 2 N–H and O–H groups in total. The van der Waals surface area contributed by atoms with Crippen molar-refractivity contribution in [1.29, 1.82) is 0 Å². The summed E-state index contributed by atoms with van der Waals surface area (Å²) in [6.07, 6.45) is 4.74. The zero-order chi connectivity index (χ0) is 28.2. The molecule has 2 aromatic carbocycles. The maximum absolute atomic E-state index is 12.2. The van der Waals surface area contributed by atoms with Crippen LogP contribution in [0.3, 0.4) is 0 Å². The summed E-state index contributed by atoms with van der Waals surface area (Å²) in [4.78, 5) is 11.1. The van der Waals surface area contributed by atoms with Gasteiger partial charge in [-0.25, -0.2) is 8.78 Å². The molecule has 0 aromatic heterocycles. The third kappa shape index (κ3) is 9.44. The highest BCUT2D eigenvalue weighted by molar-refractivity contribution is 5.72. The Kier molecular flexibility index (Phi) is 12.8. The minimum absolute atomic E-state index is 0.0319. The Hall–Kier alpha value is -2.35. The molecule has 1 saturated carbocycles. The standard InChI is InChI=1S/C22H34N2O3.C7H6F2.C2H6/c1-17(2)19-6-4-7-20(16-19)21(24-13-5-12-23-18(3)25)8-10-22(11-9-21)26-14-15-27-22;1-5-2-6(8)4-7(9)3-5;1-2/h4,6-7,16-17,24H,5,8-15H2,1-3H3,(H,23,25);2-4H,1H3;1-2H3. The summed E-state index contributed by atoms with van der Waals surface area (Å²) in [5, 5.41) is 6.72. The summed E-state index contributed by atoms with van der Waals surface area (Å²) in [6, 6.07) is 12.4. The molecule has 38 heavy (non-hydrogen) atoms. The van der Waals surface area contributed by atoms with Gasteiger partial charge in [0.05, 0.1) is 13.2 Å². The molecule has 0 unspecified atom stereocenters. The quantitative estimate of drug-likeness (QED) is 0.388. The number of aryl methyl sites for hydroxylation is 1. The number of hydrogen-bond acceptors (Lipinski definition) is 4. The number of carbonyl (C=O) groups is 1. The molecule has 2 fully saturated rings. The van der Waals surface area contributed by atoms with Crippen molar-refractivity contribution in [3.05, 3.63) is 70.8 Å². The zero-order valence-corrected chi connectivity index (χ0v) is 24.0. The number of halogens is 2. The lowest BCUT2D eigenvalue weighted by Gasteiger charge is -2.45. The Balaban J connectivity index is 0.000000387. The van der Waals surface area contributed by atoms with Crippen LogP contribution >= 0.6 is 0 Å². The molecule has 0 radical (unpaired) electrons. The molecule has 1 amide bonds. The molecule has 1 aliphatic heterocycles. The lowest BCUT2D eigenvalue weighted by molar-refractivity contribution is -0.187. The minimum atomic E-state index is -0.521. The van der Waals surface area contributed by atoms with E-state index in [1.807, 2.05) is 13.8 Å². The lowest BCUT2D eigenvalue weighted by Crippen LogP contribution is -2.50. The summed E-state index contributed by atoms with van der Waals surface area (Å²) < 4.78 is 36.3. The first-order chi connectivity index (χ1) is 18.1. The van der Waals surface area contributed by atoms with E-state index in [2.05, 4.69) is 48.7 Å². The van der Waals surface area contributed by atoms with E-state index in [0.717, 1.165) is 44.7 Å². The first-order valence-electron chi connectivity index (χ1n) is 13.9. The van der Waals surface area contributed by atoms with Gasteiger partial charge in [0, 0.05) is 37.9 Å². The van der Waals surface area contributed by atoms with Gasteiger partial charge in [0.2, 0.25) is 5.91 Å². The van der Waals surface area contributed by atoms with E-state index < -0.39 is 11.6 Å². The van der Waals surface area contributed by atoms with Gasteiger partial charge >= 0.3 is 0 Å². The van der Waals surface area contributed by atoms with Gasteiger partial charge < -0.3 is 20.1 Å². The van der Waals surface area contributed by atoms with Gasteiger partial charge in [-0.3, -0.25) is 4.79 Å². The minimum Gasteiger partial charge on any atom is -0.356 e. The van der Waals surface area contributed by atoms with Crippen LogP contribution in [-0.4, -0.2) is 38.0 Å². The van der Waals surface area contributed by atoms with Gasteiger partial charge in [-0.2, -0.15) is 0 Å². The van der Waals surface area contributed by atoms with Crippen molar-refractivity contribution in [2.75, 3.05) is 26.3 Å². The second-order valence-electron chi connectivity index (χ2n) is 10.2. The number of nitrogens with one attached hydrogen (secondary N) is 2. The summed E-state index contributed by atoms with van der Waals surface area (Å²) in [5.41, 5.74) is 3.29. The number of benzene rings is 2. The van der Waals surface area contributed by atoms with Crippen molar-refractivity contribution in [2.24, 2.45) is 0 Å². The maximum atomic E-state index is 12.2. The summed E-state index contributed by atoms with van der Waals surface area (Å²) >= 11 is 0. The number of hydrogen-bond donors (Lipinski definition) is 2. The van der Waals surface area contributed by atoms with Crippen molar-refractivity contribution in [2.45, 2.75) is 90.9 Å². The van der Waals surface area contributed by atoms with Crippen molar-refractivity contribution < 1.29 is 23.0 Å². The first kappa shape index (κ1) is 31.9. The Bertz CT molecular complexity index is 946. The molecule has 212 valence electrons. The molecular formula is C31H46F2N2O3. The fraction of sp³-hybridized carbons (Fsp3) is 0.581. The molecule has 2 aliphatic rings. The average Bonchev–Trinajstić information content (AvgIpc) is 3.34. The zero-order valence-electron chi connectivity index (χ0n) is 24.0. The van der Waals surface area contributed by atoms with E-state index in [1.54, 1.807) is 13.8 Å². The van der Waals surface area contributed by atoms with Crippen LogP contribution in [0.5, 0.6) is 0 Å². The van der Waals surface area contributed by atoms with Gasteiger partial charge in [0.15, 0.2) is 5.79 Å². The van der Waals surface area contributed by atoms with Gasteiger partial charge in [0.1, 0.15) is 11.6 Å². The van der Waals surface area contributed by atoms with Crippen LogP contribution in [0, 0.1) is 18.6 Å². The highest BCUT2D eigenvalue weighted by Gasteiger charge is 2.46. The summed E-state index contributed by atoms with van der Waals surface area (Å²) in [5.74, 6) is -0.862. The molecule has 2 aromatic rings. The molecule has 1 saturated heterocycles. The molecule has 0 atom stereocenters. The SMILES string of the molecule is CC.CC(=O)NCCCNC1(c2cccc(C(C)C)c2)CCC2(CC1)OCCO2.Cc1cc(F)cc(F)c1. The maximum Gasteiger partial charge on any atom is 0.216 e. The third-order valence-corrected chi connectivity index (χ3v) is 6.98. The Labute approximate surface area is 227 Å². The molecular weight excluding hydrogens is 486 g/mol. The van der Waals surface area contributed by atoms with Crippen LogP contribution in [0.1, 0.15) is 89.3 Å². The van der Waals surface area contributed by atoms with E-state index >= 15 is 0 Å². The summed E-state index contributed by atoms with van der Waals surface area (Å²) in [6.45, 7) is 14.7. The molecule has 1 aliphatic carbocycles. The van der Waals surface area contributed by atoms with E-state index in [9.17, 15) is 13.6 Å². The summed E-state index contributed by atoms with van der Waals surface area (Å²) in [7, 11) is 0. The van der Waals surface area contributed by atoms with Crippen LogP contribution in [0.25, 0.3) is 0 Å². The Morgan fingerprint density at radius 2 is 1.55 bits per heavy atom. The Morgan fingerprint density at radius 1 is 0.947 bits per heavy atom. The van der Waals surface area contributed by atoms with Crippen LogP contribution < -0.4 is 10.6 Å². The van der Waals surface area contributed by atoms with Crippen molar-refractivity contribution in [3.63, 3.8) is 0 Å². The highest BCUT2D eigenvalue weighted by atomic mass is 19.1. The number of rotatable bonds is 7. The largest absolute Gasteiger partial charge is 0.356 e. The van der Waals surface area contributed by atoms with Crippen molar-refractivity contribution in [1.82, 2.24) is 10.6 Å². The predicted octanol–water partition coefficient (Wildman–Crippen LogP) is 6.74. The van der Waals surface area contributed by atoms with Gasteiger partial charge in [-0.15, -0.1) is 0 Å². The number of carbonyl (C=O) groups excluding carboxylic acids is 1. The van der Waals surface area contributed by atoms with E-state index in [1.165, 1.54) is 23.3 Å². The van der Waals surface area contributed by atoms with Crippen LogP contribution in [0.4, 0.5) is 8.78 Å². The molecule has 5 nitrogen and oxygen atoms in total. The van der Waals surface area contributed by atoms with Gasteiger partial charge in [-0.05, 0) is 67.5 Å². The van der Waals surface area contributed by atoms with Gasteiger partial charge in [-0.1, -0.05) is 52.0 Å². The van der Waals surface area contributed by atoms with Crippen LogP contribution in [0.2, 0.25) is 0 Å². The molecule has 0 bridgehead atoms.